The van der Waals surface area contributed by atoms with Gasteiger partial charge in [0.25, 0.3) is 0 Å². The van der Waals surface area contributed by atoms with Crippen LogP contribution in [0.2, 0.25) is 0 Å². The molecule has 0 aliphatic carbocycles. The molecule has 1 amide bonds. The Kier molecular flexibility index (Phi) is 5.02. The van der Waals surface area contributed by atoms with Gasteiger partial charge < -0.3 is 5.32 Å². The molecule has 0 radical (unpaired) electrons. The van der Waals surface area contributed by atoms with Crippen LogP contribution in [0.1, 0.15) is 0 Å². The second-order valence-corrected chi connectivity index (χ2v) is 6.07. The summed E-state index contributed by atoms with van der Waals surface area (Å²) in [5.74, 6) is -0.286. The fourth-order valence-corrected chi connectivity index (χ4v) is 2.63. The number of rotatable bonds is 7. The van der Waals surface area contributed by atoms with Gasteiger partial charge in [-0.2, -0.15) is 5.10 Å². The molecular formula is C13H15N5O3S. The van der Waals surface area contributed by atoms with Crippen molar-refractivity contribution in [1.29, 1.82) is 0 Å². The van der Waals surface area contributed by atoms with Crippen LogP contribution in [0.5, 0.6) is 0 Å². The Morgan fingerprint density at radius 1 is 1.32 bits per heavy atom. The van der Waals surface area contributed by atoms with Crippen LogP contribution in [0.15, 0.2) is 54.5 Å². The highest BCUT2D eigenvalue weighted by Gasteiger charge is 2.12. The molecule has 0 spiro atoms. The Morgan fingerprint density at radius 3 is 2.64 bits per heavy atom. The number of carbonyl (C=O) groups excluding carboxylic acids is 1. The lowest BCUT2D eigenvalue weighted by molar-refractivity contribution is -0.116. The molecular weight excluding hydrogens is 306 g/mol. The second-order valence-electron chi connectivity index (χ2n) is 4.31. The van der Waals surface area contributed by atoms with Gasteiger partial charge in [-0.1, -0.05) is 6.08 Å². The second kappa shape index (κ2) is 6.96. The van der Waals surface area contributed by atoms with E-state index in [1.807, 2.05) is 0 Å². The van der Waals surface area contributed by atoms with Crippen molar-refractivity contribution in [2.24, 2.45) is 0 Å². The molecule has 0 aliphatic rings. The summed E-state index contributed by atoms with van der Waals surface area (Å²) in [7, 11) is -3.57. The number of benzene rings is 1. The van der Waals surface area contributed by atoms with Crippen molar-refractivity contribution in [2.45, 2.75) is 11.4 Å². The molecule has 2 aromatic rings. The van der Waals surface area contributed by atoms with Gasteiger partial charge in [-0.05, 0) is 24.3 Å². The average Bonchev–Trinajstić information content (AvgIpc) is 2.98. The molecule has 0 aliphatic heterocycles. The molecule has 0 saturated heterocycles. The molecule has 0 unspecified atom stereocenters. The van der Waals surface area contributed by atoms with Gasteiger partial charge in [0.2, 0.25) is 15.9 Å². The summed E-state index contributed by atoms with van der Waals surface area (Å²) in [5.41, 5.74) is 0.493. The van der Waals surface area contributed by atoms with Gasteiger partial charge in [-0.15, -0.1) is 6.58 Å². The van der Waals surface area contributed by atoms with Crippen molar-refractivity contribution >= 4 is 21.6 Å². The first-order valence-electron chi connectivity index (χ1n) is 6.34. The van der Waals surface area contributed by atoms with Crippen molar-refractivity contribution in [3.8, 4) is 0 Å². The Labute approximate surface area is 127 Å². The van der Waals surface area contributed by atoms with Crippen LogP contribution in [-0.2, 0) is 21.4 Å². The van der Waals surface area contributed by atoms with Crippen molar-refractivity contribution in [1.82, 2.24) is 19.5 Å². The van der Waals surface area contributed by atoms with Gasteiger partial charge in [-0.25, -0.2) is 22.8 Å². The summed E-state index contributed by atoms with van der Waals surface area (Å²) in [6, 6.07) is 5.86. The van der Waals surface area contributed by atoms with Crippen LogP contribution >= 0.6 is 0 Å². The first-order chi connectivity index (χ1) is 10.5. The Bertz CT molecular complexity index is 738. The lowest BCUT2D eigenvalue weighted by Crippen LogP contribution is -2.23. The van der Waals surface area contributed by atoms with E-state index in [9.17, 15) is 13.2 Å². The van der Waals surface area contributed by atoms with E-state index < -0.39 is 10.0 Å². The first kappa shape index (κ1) is 15.9. The normalized spacial score (nSPS) is 11.1. The van der Waals surface area contributed by atoms with E-state index in [4.69, 9.17) is 0 Å². The van der Waals surface area contributed by atoms with Crippen molar-refractivity contribution in [2.75, 3.05) is 11.9 Å². The monoisotopic (exact) mass is 321 g/mol. The Balaban J connectivity index is 1.99. The predicted octanol–water partition coefficient (Wildman–Crippen LogP) is 0.381. The summed E-state index contributed by atoms with van der Waals surface area (Å²) in [6.45, 7) is 3.63. The smallest absolute Gasteiger partial charge is 0.246 e. The van der Waals surface area contributed by atoms with Crippen molar-refractivity contribution in [3.05, 3.63) is 49.6 Å². The van der Waals surface area contributed by atoms with Crippen LogP contribution in [0.4, 0.5) is 5.69 Å². The maximum atomic E-state index is 11.9. The maximum Gasteiger partial charge on any atom is 0.246 e. The summed E-state index contributed by atoms with van der Waals surface area (Å²) < 4.78 is 27.5. The summed E-state index contributed by atoms with van der Waals surface area (Å²) >= 11 is 0. The van der Waals surface area contributed by atoms with Gasteiger partial charge >= 0.3 is 0 Å². The molecule has 0 atom stereocenters. The van der Waals surface area contributed by atoms with E-state index in [0.717, 1.165) is 0 Å². The number of carbonyl (C=O) groups is 1. The molecule has 116 valence electrons. The molecule has 0 bridgehead atoms. The lowest BCUT2D eigenvalue weighted by Gasteiger charge is -2.07. The Morgan fingerprint density at radius 2 is 2.05 bits per heavy atom. The van der Waals surface area contributed by atoms with E-state index >= 15 is 0 Å². The molecule has 1 aromatic heterocycles. The van der Waals surface area contributed by atoms with Crippen molar-refractivity contribution < 1.29 is 13.2 Å². The third-order valence-corrected chi connectivity index (χ3v) is 4.08. The highest BCUT2D eigenvalue weighted by molar-refractivity contribution is 7.89. The van der Waals surface area contributed by atoms with E-state index in [1.165, 1.54) is 47.7 Å². The number of sulfonamides is 1. The number of anilines is 1. The van der Waals surface area contributed by atoms with Gasteiger partial charge in [0.1, 0.15) is 19.2 Å². The minimum Gasteiger partial charge on any atom is -0.324 e. The maximum absolute atomic E-state index is 11.9. The third-order valence-electron chi connectivity index (χ3n) is 2.64. The number of nitrogens with zero attached hydrogens (tertiary/aromatic N) is 3. The van der Waals surface area contributed by atoms with Crippen LogP contribution in [-0.4, -0.2) is 35.6 Å². The molecule has 2 rings (SSSR count). The number of hydrogen-bond donors (Lipinski definition) is 2. The molecule has 2 N–H and O–H groups in total. The zero-order chi connectivity index (χ0) is 16.0. The fraction of sp³-hybridized carbons (Fsp3) is 0.154. The van der Waals surface area contributed by atoms with Gasteiger partial charge in [0.05, 0.1) is 4.90 Å². The van der Waals surface area contributed by atoms with Crippen LogP contribution < -0.4 is 10.0 Å². The van der Waals surface area contributed by atoms with Crippen LogP contribution in [0, 0.1) is 0 Å². The molecule has 8 nitrogen and oxygen atoms in total. The number of aromatic nitrogens is 3. The summed E-state index contributed by atoms with van der Waals surface area (Å²) in [4.78, 5) is 15.6. The molecule has 1 aromatic carbocycles. The molecule has 1 heterocycles. The fourth-order valence-electron chi connectivity index (χ4n) is 1.63. The Hall–Kier alpha value is -2.52. The largest absolute Gasteiger partial charge is 0.324 e. The highest BCUT2D eigenvalue weighted by atomic mass is 32.2. The van der Waals surface area contributed by atoms with Crippen molar-refractivity contribution in [3.63, 3.8) is 0 Å². The molecule has 0 saturated carbocycles. The number of amides is 1. The molecule has 0 fully saturated rings. The lowest BCUT2D eigenvalue weighted by atomic mass is 10.3. The summed E-state index contributed by atoms with van der Waals surface area (Å²) in [6.07, 6.45) is 4.22. The van der Waals surface area contributed by atoms with E-state index in [-0.39, 0.29) is 23.9 Å². The van der Waals surface area contributed by atoms with E-state index in [0.29, 0.717) is 5.69 Å². The van der Waals surface area contributed by atoms with Gasteiger partial charge in [0, 0.05) is 12.2 Å². The van der Waals surface area contributed by atoms with Crippen LogP contribution in [0.25, 0.3) is 0 Å². The SMILES string of the molecule is C=CCNS(=O)(=O)c1ccc(NC(=O)Cn2cncn2)cc1. The first-order valence-corrected chi connectivity index (χ1v) is 7.82. The predicted molar refractivity (Wildman–Crippen MR) is 80.5 cm³/mol. The van der Waals surface area contributed by atoms with Gasteiger partial charge in [-0.3, -0.25) is 4.79 Å². The highest BCUT2D eigenvalue weighted by Crippen LogP contribution is 2.13. The zero-order valence-corrected chi connectivity index (χ0v) is 12.5. The number of hydrogen-bond acceptors (Lipinski definition) is 5. The third kappa shape index (κ3) is 4.24. The topological polar surface area (TPSA) is 106 Å². The molecule has 22 heavy (non-hydrogen) atoms. The number of nitrogens with one attached hydrogen (secondary N) is 2. The van der Waals surface area contributed by atoms with E-state index in [1.54, 1.807) is 0 Å². The standard InChI is InChI=1S/C13H15N5O3S/c1-2-7-16-22(20,21)12-5-3-11(4-6-12)17-13(19)8-18-10-14-9-15-18/h2-6,9-10,16H,1,7-8H2,(H,17,19). The average molecular weight is 321 g/mol. The zero-order valence-electron chi connectivity index (χ0n) is 11.6. The quantitative estimate of drug-likeness (QED) is 0.717. The molecule has 9 heteroatoms. The summed E-state index contributed by atoms with van der Waals surface area (Å²) in [5, 5.41) is 6.46. The van der Waals surface area contributed by atoms with Crippen LogP contribution in [0.3, 0.4) is 0 Å². The van der Waals surface area contributed by atoms with Gasteiger partial charge in [0.15, 0.2) is 0 Å². The minimum absolute atomic E-state index is 0.0287. The van der Waals surface area contributed by atoms with E-state index in [2.05, 4.69) is 26.7 Å². The minimum atomic E-state index is -3.57.